The van der Waals surface area contributed by atoms with Crippen molar-refractivity contribution in [2.24, 2.45) is 5.73 Å². The Labute approximate surface area is 86.9 Å². The monoisotopic (exact) mass is 212 g/mol. The topological polar surface area (TPSA) is 75.3 Å². The van der Waals surface area contributed by atoms with Crippen LogP contribution in [0.25, 0.3) is 0 Å². The zero-order chi connectivity index (χ0) is 11.3. The van der Waals surface area contributed by atoms with E-state index in [4.69, 9.17) is 5.73 Å². The molecule has 5 heteroatoms. The lowest BCUT2D eigenvalue weighted by Crippen LogP contribution is -2.26. The number of hydrogen-bond donors (Lipinski definition) is 3. The number of phenolic OH excluding ortho intramolecular Hbond substituents is 1. The molecule has 0 unspecified atom stereocenters. The van der Waals surface area contributed by atoms with Crippen LogP contribution in [-0.4, -0.2) is 24.1 Å². The summed E-state index contributed by atoms with van der Waals surface area (Å²) >= 11 is 0. The van der Waals surface area contributed by atoms with Gasteiger partial charge in [0.15, 0.2) is 0 Å². The summed E-state index contributed by atoms with van der Waals surface area (Å²) in [6.07, 6.45) is 0.641. The van der Waals surface area contributed by atoms with E-state index in [0.29, 0.717) is 19.5 Å². The Balaban J connectivity index is 2.68. The van der Waals surface area contributed by atoms with Crippen LogP contribution in [-0.2, 0) is 0 Å². The molecule has 0 aromatic heterocycles. The Kier molecular flexibility index (Phi) is 4.05. The van der Waals surface area contributed by atoms with Gasteiger partial charge in [-0.2, -0.15) is 0 Å². The second-order valence-electron chi connectivity index (χ2n) is 3.06. The Morgan fingerprint density at radius 2 is 2.27 bits per heavy atom. The highest BCUT2D eigenvalue weighted by molar-refractivity contribution is 5.96. The van der Waals surface area contributed by atoms with Gasteiger partial charge in [-0.25, -0.2) is 4.39 Å². The van der Waals surface area contributed by atoms with Crippen molar-refractivity contribution < 1.29 is 14.3 Å². The molecule has 1 aromatic rings. The van der Waals surface area contributed by atoms with Gasteiger partial charge in [-0.1, -0.05) is 0 Å². The predicted octanol–water partition coefficient (Wildman–Crippen LogP) is 0.610. The summed E-state index contributed by atoms with van der Waals surface area (Å²) in [5.41, 5.74) is 5.18. The molecule has 0 bridgehead atoms. The van der Waals surface area contributed by atoms with Gasteiger partial charge in [-0.05, 0) is 31.2 Å². The average Bonchev–Trinajstić information content (AvgIpc) is 2.22. The molecule has 82 valence electrons. The van der Waals surface area contributed by atoms with Crippen LogP contribution >= 0.6 is 0 Å². The van der Waals surface area contributed by atoms with Gasteiger partial charge in [0.05, 0.1) is 5.56 Å². The molecule has 0 saturated heterocycles. The summed E-state index contributed by atoms with van der Waals surface area (Å²) in [6, 6.07) is 3.23. The molecule has 0 spiro atoms. The molecule has 0 atom stereocenters. The molecule has 4 N–H and O–H groups in total. The fraction of sp³-hybridized carbons (Fsp3) is 0.300. The summed E-state index contributed by atoms with van der Waals surface area (Å²) in [4.78, 5) is 11.4. The third-order valence-corrected chi connectivity index (χ3v) is 1.87. The third kappa shape index (κ3) is 3.21. The van der Waals surface area contributed by atoms with Crippen molar-refractivity contribution in [3.05, 3.63) is 29.6 Å². The van der Waals surface area contributed by atoms with Crippen molar-refractivity contribution in [1.29, 1.82) is 0 Å². The van der Waals surface area contributed by atoms with Crippen LogP contribution in [0.1, 0.15) is 16.8 Å². The van der Waals surface area contributed by atoms with Crippen LogP contribution in [0, 0.1) is 5.82 Å². The molecular formula is C10H13FN2O2. The minimum absolute atomic E-state index is 0.0629. The second-order valence-corrected chi connectivity index (χ2v) is 3.06. The van der Waals surface area contributed by atoms with Gasteiger partial charge < -0.3 is 16.2 Å². The molecule has 1 rings (SSSR count). The average molecular weight is 212 g/mol. The molecule has 1 amide bonds. The number of carbonyl (C=O) groups excluding carboxylic acids is 1. The van der Waals surface area contributed by atoms with E-state index in [1.807, 2.05) is 0 Å². The predicted molar refractivity (Wildman–Crippen MR) is 54.1 cm³/mol. The van der Waals surface area contributed by atoms with E-state index in [2.05, 4.69) is 5.32 Å². The summed E-state index contributed by atoms with van der Waals surface area (Å²) in [7, 11) is 0. The van der Waals surface area contributed by atoms with Gasteiger partial charge >= 0.3 is 0 Å². The number of carbonyl (C=O) groups is 1. The minimum atomic E-state index is -0.559. The number of benzene rings is 1. The fourth-order valence-corrected chi connectivity index (χ4v) is 1.09. The highest BCUT2D eigenvalue weighted by Gasteiger charge is 2.10. The number of hydrogen-bond acceptors (Lipinski definition) is 3. The smallest absolute Gasteiger partial charge is 0.255 e. The number of aromatic hydroxyl groups is 1. The highest BCUT2D eigenvalue weighted by atomic mass is 19.1. The van der Waals surface area contributed by atoms with Gasteiger partial charge in [0.2, 0.25) is 0 Å². The number of nitrogens with one attached hydrogen (secondary N) is 1. The lowest BCUT2D eigenvalue weighted by molar-refractivity contribution is 0.0950. The summed E-state index contributed by atoms with van der Waals surface area (Å²) in [5.74, 6) is -1.29. The second kappa shape index (κ2) is 5.31. The van der Waals surface area contributed by atoms with E-state index < -0.39 is 11.7 Å². The van der Waals surface area contributed by atoms with Crippen molar-refractivity contribution in [3.63, 3.8) is 0 Å². The van der Waals surface area contributed by atoms with Gasteiger partial charge in [-0.3, -0.25) is 4.79 Å². The molecular weight excluding hydrogens is 199 g/mol. The third-order valence-electron chi connectivity index (χ3n) is 1.87. The lowest BCUT2D eigenvalue weighted by atomic mass is 10.2. The summed E-state index contributed by atoms with van der Waals surface area (Å²) in [5, 5.41) is 11.8. The van der Waals surface area contributed by atoms with Crippen LogP contribution in [0.3, 0.4) is 0 Å². The molecule has 0 heterocycles. The van der Waals surface area contributed by atoms with Crippen LogP contribution < -0.4 is 11.1 Å². The Bertz CT molecular complexity index is 355. The molecule has 1 aromatic carbocycles. The zero-order valence-electron chi connectivity index (χ0n) is 8.16. The number of amides is 1. The van der Waals surface area contributed by atoms with Crippen LogP contribution in [0.5, 0.6) is 5.75 Å². The van der Waals surface area contributed by atoms with E-state index in [1.54, 1.807) is 0 Å². The van der Waals surface area contributed by atoms with E-state index >= 15 is 0 Å². The number of phenols is 1. The largest absolute Gasteiger partial charge is 0.507 e. The van der Waals surface area contributed by atoms with Gasteiger partial charge in [0.1, 0.15) is 11.6 Å². The van der Waals surface area contributed by atoms with Crippen molar-refractivity contribution in [2.45, 2.75) is 6.42 Å². The molecule has 15 heavy (non-hydrogen) atoms. The van der Waals surface area contributed by atoms with Crippen LogP contribution in [0.4, 0.5) is 4.39 Å². The maximum atomic E-state index is 12.8. The van der Waals surface area contributed by atoms with E-state index in [9.17, 15) is 14.3 Å². The Morgan fingerprint density at radius 3 is 2.93 bits per heavy atom. The lowest BCUT2D eigenvalue weighted by Gasteiger charge is -2.05. The molecule has 0 radical (unpaired) electrons. The van der Waals surface area contributed by atoms with Gasteiger partial charge in [-0.15, -0.1) is 0 Å². The Morgan fingerprint density at radius 1 is 1.53 bits per heavy atom. The molecule has 0 fully saturated rings. The molecule has 4 nitrogen and oxygen atoms in total. The first-order valence-corrected chi connectivity index (χ1v) is 4.62. The zero-order valence-corrected chi connectivity index (χ0v) is 8.16. The molecule has 0 aliphatic heterocycles. The van der Waals surface area contributed by atoms with Gasteiger partial charge in [0.25, 0.3) is 5.91 Å². The van der Waals surface area contributed by atoms with Crippen molar-refractivity contribution in [3.8, 4) is 5.75 Å². The first-order valence-electron chi connectivity index (χ1n) is 4.62. The standard InChI is InChI=1S/C10H13FN2O2/c11-7-2-3-9(14)8(6-7)10(15)13-5-1-4-12/h2-3,6,14H,1,4-5,12H2,(H,13,15). The summed E-state index contributed by atoms with van der Waals surface area (Å²) in [6.45, 7) is 0.876. The van der Waals surface area contributed by atoms with E-state index in [0.717, 1.165) is 18.2 Å². The first kappa shape index (κ1) is 11.5. The Hall–Kier alpha value is -1.62. The van der Waals surface area contributed by atoms with E-state index in [-0.39, 0.29) is 11.3 Å². The van der Waals surface area contributed by atoms with Crippen LogP contribution in [0.2, 0.25) is 0 Å². The first-order chi connectivity index (χ1) is 7.15. The van der Waals surface area contributed by atoms with Crippen molar-refractivity contribution in [1.82, 2.24) is 5.32 Å². The molecule has 0 aliphatic carbocycles. The quantitative estimate of drug-likeness (QED) is 0.640. The van der Waals surface area contributed by atoms with Crippen LogP contribution in [0.15, 0.2) is 18.2 Å². The number of rotatable bonds is 4. The highest BCUT2D eigenvalue weighted by Crippen LogP contribution is 2.17. The minimum Gasteiger partial charge on any atom is -0.507 e. The molecule has 0 saturated carbocycles. The number of nitrogens with two attached hydrogens (primary N) is 1. The SMILES string of the molecule is NCCCNC(=O)c1cc(F)ccc1O. The normalized spacial score (nSPS) is 10.0. The van der Waals surface area contributed by atoms with Gasteiger partial charge in [0, 0.05) is 6.54 Å². The summed E-state index contributed by atoms with van der Waals surface area (Å²) < 4.78 is 12.8. The fourth-order valence-electron chi connectivity index (χ4n) is 1.09. The van der Waals surface area contributed by atoms with E-state index in [1.165, 1.54) is 0 Å². The molecule has 0 aliphatic rings. The van der Waals surface area contributed by atoms with Crippen molar-refractivity contribution >= 4 is 5.91 Å². The van der Waals surface area contributed by atoms with Crippen molar-refractivity contribution in [2.75, 3.05) is 13.1 Å². The number of halogens is 1. The maximum absolute atomic E-state index is 12.8. The maximum Gasteiger partial charge on any atom is 0.255 e.